The van der Waals surface area contributed by atoms with E-state index in [1.165, 1.54) is 0 Å². The van der Waals surface area contributed by atoms with Gasteiger partial charge in [0.1, 0.15) is 5.58 Å². The molecular formula is C12H15ClN2O3. The lowest BCUT2D eigenvalue weighted by Gasteiger charge is -2.09. The fourth-order valence-corrected chi connectivity index (χ4v) is 1.72. The smallest absolute Gasteiger partial charge is 0.198 e. The summed E-state index contributed by atoms with van der Waals surface area (Å²) in [4.78, 5) is 12.1. The highest BCUT2D eigenvalue weighted by atomic mass is 35.5. The highest BCUT2D eigenvalue weighted by molar-refractivity contribution is 5.85. The van der Waals surface area contributed by atoms with Gasteiger partial charge in [-0.1, -0.05) is 12.1 Å². The zero-order chi connectivity index (χ0) is 12.4. The first-order valence-corrected chi connectivity index (χ1v) is 5.30. The minimum Gasteiger partial charge on any atom is -0.440 e. The van der Waals surface area contributed by atoms with Crippen molar-refractivity contribution in [2.24, 2.45) is 5.73 Å². The van der Waals surface area contributed by atoms with Crippen molar-refractivity contribution in [3.63, 3.8) is 0 Å². The van der Waals surface area contributed by atoms with Crippen molar-refractivity contribution in [2.75, 3.05) is 12.3 Å². The molecule has 18 heavy (non-hydrogen) atoms. The summed E-state index contributed by atoms with van der Waals surface area (Å²) in [6.45, 7) is -0.203. The van der Waals surface area contributed by atoms with E-state index in [1.807, 2.05) is 0 Å². The van der Waals surface area contributed by atoms with Crippen molar-refractivity contribution in [3.05, 3.63) is 40.1 Å². The van der Waals surface area contributed by atoms with Crippen LogP contribution in [0.1, 0.15) is 5.56 Å². The van der Waals surface area contributed by atoms with Crippen LogP contribution in [0.15, 0.2) is 33.5 Å². The maximum atomic E-state index is 12.1. The van der Waals surface area contributed by atoms with Crippen LogP contribution in [0.25, 0.3) is 11.0 Å². The fourth-order valence-electron chi connectivity index (χ4n) is 1.72. The van der Waals surface area contributed by atoms with E-state index in [-0.39, 0.29) is 36.7 Å². The monoisotopic (exact) mass is 270 g/mol. The lowest BCUT2D eigenvalue weighted by atomic mass is 10.1. The number of aliphatic hydroxyl groups is 1. The number of nitrogens with two attached hydrogens (primary N) is 2. The first-order valence-electron chi connectivity index (χ1n) is 5.30. The standard InChI is InChI=1S/C12H14N2O3.ClH/c13-7(6-15)5-9-11(16)8-3-1-2-4-10(8)17-12(9)14;/h1-4,7,15H,5-6,13-14H2;1H. The summed E-state index contributed by atoms with van der Waals surface area (Å²) < 4.78 is 5.36. The summed E-state index contributed by atoms with van der Waals surface area (Å²) in [5.41, 5.74) is 11.9. The van der Waals surface area contributed by atoms with Gasteiger partial charge in [0.15, 0.2) is 11.3 Å². The number of aliphatic hydroxyl groups excluding tert-OH is 1. The molecule has 1 aromatic heterocycles. The van der Waals surface area contributed by atoms with Gasteiger partial charge in [0, 0.05) is 6.04 Å². The van der Waals surface area contributed by atoms with Gasteiger partial charge in [0.2, 0.25) is 0 Å². The summed E-state index contributed by atoms with van der Waals surface area (Å²) in [5, 5.41) is 9.37. The van der Waals surface area contributed by atoms with Crippen molar-refractivity contribution in [2.45, 2.75) is 12.5 Å². The molecule has 2 rings (SSSR count). The van der Waals surface area contributed by atoms with Crippen LogP contribution < -0.4 is 16.9 Å². The molecule has 1 heterocycles. The zero-order valence-corrected chi connectivity index (χ0v) is 10.4. The van der Waals surface area contributed by atoms with Crippen molar-refractivity contribution in [1.29, 1.82) is 0 Å². The number of nitrogen functional groups attached to an aromatic ring is 1. The van der Waals surface area contributed by atoms with Gasteiger partial charge >= 0.3 is 0 Å². The molecule has 0 aliphatic rings. The molecule has 0 bridgehead atoms. The molecule has 2 aromatic rings. The van der Waals surface area contributed by atoms with E-state index >= 15 is 0 Å². The molecule has 0 spiro atoms. The minimum absolute atomic E-state index is 0. The zero-order valence-electron chi connectivity index (χ0n) is 9.63. The molecule has 0 aliphatic carbocycles. The number of rotatable bonds is 3. The molecule has 0 aliphatic heterocycles. The Kier molecular flexibility index (Phi) is 4.72. The third-order valence-corrected chi connectivity index (χ3v) is 2.62. The molecule has 1 unspecified atom stereocenters. The van der Waals surface area contributed by atoms with Crippen LogP contribution in [-0.2, 0) is 6.42 Å². The molecule has 5 N–H and O–H groups in total. The molecule has 6 heteroatoms. The second kappa shape index (κ2) is 5.86. The SMILES string of the molecule is Cl.Nc1oc2ccccc2c(=O)c1CC(N)CO. The number of anilines is 1. The number of hydrogen-bond donors (Lipinski definition) is 3. The lowest BCUT2D eigenvalue weighted by Crippen LogP contribution is -2.30. The Morgan fingerprint density at radius 3 is 2.67 bits per heavy atom. The first-order chi connectivity index (χ1) is 8.13. The van der Waals surface area contributed by atoms with Gasteiger partial charge in [-0.05, 0) is 18.6 Å². The van der Waals surface area contributed by atoms with E-state index < -0.39 is 6.04 Å². The fraction of sp³-hybridized carbons (Fsp3) is 0.250. The molecule has 5 nitrogen and oxygen atoms in total. The van der Waals surface area contributed by atoms with Gasteiger partial charge in [-0.15, -0.1) is 12.4 Å². The maximum Gasteiger partial charge on any atom is 0.198 e. The highest BCUT2D eigenvalue weighted by Crippen LogP contribution is 2.17. The van der Waals surface area contributed by atoms with Crippen molar-refractivity contribution < 1.29 is 9.52 Å². The maximum absolute atomic E-state index is 12.1. The van der Waals surface area contributed by atoms with Crippen LogP contribution in [0.4, 0.5) is 5.88 Å². The molecule has 0 fully saturated rings. The topological polar surface area (TPSA) is 102 Å². The number of halogens is 1. The third-order valence-electron chi connectivity index (χ3n) is 2.62. The van der Waals surface area contributed by atoms with Gasteiger partial charge in [-0.2, -0.15) is 0 Å². The lowest BCUT2D eigenvalue weighted by molar-refractivity contribution is 0.265. The van der Waals surface area contributed by atoms with E-state index in [4.69, 9.17) is 21.0 Å². The Morgan fingerprint density at radius 2 is 2.00 bits per heavy atom. The molecule has 1 atom stereocenters. The van der Waals surface area contributed by atoms with Crippen LogP contribution >= 0.6 is 12.4 Å². The predicted octanol–water partition coefficient (Wildman–Crippen LogP) is 0.659. The van der Waals surface area contributed by atoms with E-state index in [2.05, 4.69) is 0 Å². The molecule has 0 amide bonds. The average molecular weight is 271 g/mol. The Morgan fingerprint density at radius 1 is 1.33 bits per heavy atom. The van der Waals surface area contributed by atoms with Gasteiger partial charge in [-0.3, -0.25) is 4.79 Å². The average Bonchev–Trinajstić information content (AvgIpc) is 2.34. The van der Waals surface area contributed by atoms with Crippen LogP contribution in [-0.4, -0.2) is 17.8 Å². The van der Waals surface area contributed by atoms with Gasteiger partial charge in [-0.25, -0.2) is 0 Å². The van der Waals surface area contributed by atoms with Gasteiger partial charge in [0.05, 0.1) is 17.6 Å². The summed E-state index contributed by atoms with van der Waals surface area (Å²) in [6.07, 6.45) is 0.204. The highest BCUT2D eigenvalue weighted by Gasteiger charge is 2.14. The van der Waals surface area contributed by atoms with E-state index in [1.54, 1.807) is 24.3 Å². The second-order valence-corrected chi connectivity index (χ2v) is 3.92. The van der Waals surface area contributed by atoms with Crippen LogP contribution in [0, 0.1) is 0 Å². The second-order valence-electron chi connectivity index (χ2n) is 3.92. The molecule has 0 radical (unpaired) electrons. The van der Waals surface area contributed by atoms with Gasteiger partial charge < -0.3 is 21.0 Å². The minimum atomic E-state index is -0.513. The van der Waals surface area contributed by atoms with Gasteiger partial charge in [0.25, 0.3) is 0 Å². The third kappa shape index (κ3) is 2.64. The van der Waals surface area contributed by atoms with E-state index in [9.17, 15) is 4.79 Å². The molecule has 0 saturated heterocycles. The summed E-state index contributed by atoms with van der Waals surface area (Å²) in [7, 11) is 0. The molecule has 0 saturated carbocycles. The van der Waals surface area contributed by atoms with Crippen LogP contribution in [0.2, 0.25) is 0 Å². The number of hydrogen-bond acceptors (Lipinski definition) is 5. The molecule has 1 aromatic carbocycles. The summed E-state index contributed by atoms with van der Waals surface area (Å²) >= 11 is 0. The first kappa shape index (κ1) is 14.5. The largest absolute Gasteiger partial charge is 0.440 e. The van der Waals surface area contributed by atoms with E-state index in [0.717, 1.165) is 0 Å². The summed E-state index contributed by atoms with van der Waals surface area (Å²) in [5.74, 6) is 0.0672. The van der Waals surface area contributed by atoms with Crippen LogP contribution in [0.3, 0.4) is 0 Å². The van der Waals surface area contributed by atoms with Crippen molar-refractivity contribution >= 4 is 29.3 Å². The van der Waals surface area contributed by atoms with Crippen molar-refractivity contribution in [1.82, 2.24) is 0 Å². The Balaban J connectivity index is 0.00000162. The Bertz CT molecular complexity index is 597. The normalized spacial score (nSPS) is 12.1. The number of fused-ring (bicyclic) bond motifs is 1. The Labute approximate surface area is 110 Å². The van der Waals surface area contributed by atoms with Crippen LogP contribution in [0.5, 0.6) is 0 Å². The van der Waals surface area contributed by atoms with Crippen molar-refractivity contribution in [3.8, 4) is 0 Å². The Hall–Kier alpha value is -1.56. The number of para-hydroxylation sites is 1. The summed E-state index contributed by atoms with van der Waals surface area (Å²) in [6, 6.07) is 6.37. The van der Waals surface area contributed by atoms with E-state index in [0.29, 0.717) is 16.5 Å². The number of benzene rings is 1. The predicted molar refractivity (Wildman–Crippen MR) is 72.9 cm³/mol. The quantitative estimate of drug-likeness (QED) is 0.760. The molecular weight excluding hydrogens is 256 g/mol. The molecule has 98 valence electrons.